The topological polar surface area (TPSA) is 136 Å². The van der Waals surface area contributed by atoms with Gasteiger partial charge in [-0.25, -0.2) is 4.79 Å². The lowest BCUT2D eigenvalue weighted by molar-refractivity contribution is -0.385. The van der Waals surface area contributed by atoms with Crippen LogP contribution in [0.2, 0.25) is 0 Å². The highest BCUT2D eigenvalue weighted by molar-refractivity contribution is 5.96. The van der Waals surface area contributed by atoms with Crippen LogP contribution in [0.1, 0.15) is 18.1 Å². The summed E-state index contributed by atoms with van der Waals surface area (Å²) in [7, 11) is 0. The first kappa shape index (κ1) is 15.3. The van der Waals surface area contributed by atoms with Crippen molar-refractivity contribution in [2.24, 2.45) is 5.73 Å². The minimum Gasteiger partial charge on any atom is -0.477 e. The summed E-state index contributed by atoms with van der Waals surface area (Å²) in [6.45, 7) is 1.16. The minimum atomic E-state index is -1.34. The summed E-state index contributed by atoms with van der Waals surface area (Å²) < 4.78 is 0. The largest absolute Gasteiger partial charge is 0.477 e. The highest BCUT2D eigenvalue weighted by atomic mass is 16.6. The molecule has 0 aromatic heterocycles. The molecule has 0 unspecified atom stereocenters. The number of carbonyl (C=O) groups is 2. The van der Waals surface area contributed by atoms with Gasteiger partial charge in [-0.15, -0.1) is 0 Å². The van der Waals surface area contributed by atoms with Gasteiger partial charge in [-0.05, 0) is 11.6 Å². The molecule has 0 atom stereocenters. The third-order valence-electron chi connectivity index (χ3n) is 2.38. The van der Waals surface area contributed by atoms with Crippen molar-refractivity contribution < 1.29 is 19.6 Å². The first-order valence-corrected chi connectivity index (χ1v) is 5.55. The fraction of sp³-hybridized carbons (Fsp3) is 0.167. The molecule has 0 heterocycles. The number of carboxylic acid groups (broad SMARTS) is 1. The van der Waals surface area contributed by atoms with Crippen molar-refractivity contribution in [3.8, 4) is 0 Å². The Kier molecular flexibility index (Phi) is 4.93. The van der Waals surface area contributed by atoms with Crippen molar-refractivity contribution in [3.05, 3.63) is 45.1 Å². The van der Waals surface area contributed by atoms with Gasteiger partial charge in [0, 0.05) is 25.1 Å². The van der Waals surface area contributed by atoms with E-state index in [9.17, 15) is 19.7 Å². The smallest absolute Gasteiger partial charge is 0.352 e. The van der Waals surface area contributed by atoms with E-state index in [1.165, 1.54) is 18.2 Å². The Morgan fingerprint density at radius 3 is 2.60 bits per heavy atom. The lowest BCUT2D eigenvalue weighted by Gasteiger charge is -2.04. The van der Waals surface area contributed by atoms with Crippen molar-refractivity contribution in [3.63, 3.8) is 0 Å². The SMILES string of the molecule is CC(=O)N/C(=C/c1ccc(CN)c([N+](=O)[O-])c1)C(=O)O. The maximum absolute atomic E-state index is 10.9. The van der Waals surface area contributed by atoms with Crippen LogP contribution >= 0.6 is 0 Å². The van der Waals surface area contributed by atoms with Gasteiger partial charge >= 0.3 is 5.97 Å². The lowest BCUT2D eigenvalue weighted by Crippen LogP contribution is -2.24. The molecule has 1 rings (SSSR count). The summed E-state index contributed by atoms with van der Waals surface area (Å²) in [6, 6.07) is 4.13. The highest BCUT2D eigenvalue weighted by Gasteiger charge is 2.14. The van der Waals surface area contributed by atoms with Crippen LogP contribution < -0.4 is 11.1 Å². The number of rotatable bonds is 5. The first-order chi connectivity index (χ1) is 9.35. The average Bonchev–Trinajstić information content (AvgIpc) is 2.37. The van der Waals surface area contributed by atoms with Gasteiger partial charge in [-0.3, -0.25) is 14.9 Å². The summed E-state index contributed by atoms with van der Waals surface area (Å²) >= 11 is 0. The molecule has 1 aromatic carbocycles. The number of carbonyl (C=O) groups excluding carboxylic acids is 1. The number of hydrogen-bond acceptors (Lipinski definition) is 5. The predicted molar refractivity (Wildman–Crippen MR) is 70.4 cm³/mol. The van der Waals surface area contributed by atoms with Crippen LogP contribution in [0.4, 0.5) is 5.69 Å². The Bertz CT molecular complexity index is 595. The molecule has 8 heteroatoms. The summed E-state index contributed by atoms with van der Waals surface area (Å²) in [4.78, 5) is 32.1. The first-order valence-electron chi connectivity index (χ1n) is 5.55. The van der Waals surface area contributed by atoms with E-state index < -0.39 is 16.8 Å². The average molecular weight is 279 g/mol. The molecular weight excluding hydrogens is 266 g/mol. The quantitative estimate of drug-likeness (QED) is 0.410. The third kappa shape index (κ3) is 3.89. The number of amides is 1. The zero-order chi connectivity index (χ0) is 15.3. The van der Waals surface area contributed by atoms with Crippen molar-refractivity contribution in [1.82, 2.24) is 5.32 Å². The summed E-state index contributed by atoms with van der Waals surface area (Å²) in [5, 5.41) is 21.9. The van der Waals surface area contributed by atoms with Gasteiger partial charge in [0.2, 0.25) is 5.91 Å². The van der Waals surface area contributed by atoms with Gasteiger partial charge in [0.1, 0.15) is 5.70 Å². The molecule has 0 aliphatic rings. The minimum absolute atomic E-state index is 0.00219. The zero-order valence-corrected chi connectivity index (χ0v) is 10.6. The maximum Gasteiger partial charge on any atom is 0.352 e. The Labute approximate surface area is 114 Å². The molecule has 0 radical (unpaired) electrons. The van der Waals surface area contributed by atoms with Gasteiger partial charge in [0.15, 0.2) is 0 Å². The molecule has 106 valence electrons. The van der Waals surface area contributed by atoms with Crippen molar-refractivity contribution >= 4 is 23.6 Å². The predicted octanol–water partition coefficient (Wildman–Crippen LogP) is 0.615. The Morgan fingerprint density at radius 2 is 2.15 bits per heavy atom. The molecule has 0 aliphatic carbocycles. The number of nitrogens with one attached hydrogen (secondary N) is 1. The van der Waals surface area contributed by atoms with Crippen molar-refractivity contribution in [1.29, 1.82) is 0 Å². The van der Waals surface area contributed by atoms with Crippen LogP contribution in [-0.2, 0) is 16.1 Å². The van der Waals surface area contributed by atoms with E-state index in [0.717, 1.165) is 13.0 Å². The normalized spacial score (nSPS) is 11.0. The highest BCUT2D eigenvalue weighted by Crippen LogP contribution is 2.21. The molecule has 0 spiro atoms. The zero-order valence-electron chi connectivity index (χ0n) is 10.6. The molecule has 0 aliphatic heterocycles. The van der Waals surface area contributed by atoms with Crippen molar-refractivity contribution in [2.75, 3.05) is 0 Å². The van der Waals surface area contributed by atoms with Crippen LogP contribution in [0.3, 0.4) is 0 Å². The van der Waals surface area contributed by atoms with E-state index in [1.54, 1.807) is 0 Å². The van der Waals surface area contributed by atoms with E-state index in [-0.39, 0.29) is 23.5 Å². The number of hydrogen-bond donors (Lipinski definition) is 3. The Hall–Kier alpha value is -2.74. The molecule has 0 saturated heterocycles. The maximum atomic E-state index is 10.9. The fourth-order valence-electron chi connectivity index (χ4n) is 1.52. The Balaban J connectivity index is 3.25. The molecule has 4 N–H and O–H groups in total. The van der Waals surface area contributed by atoms with Crippen LogP contribution in [0.25, 0.3) is 6.08 Å². The van der Waals surface area contributed by atoms with E-state index in [0.29, 0.717) is 5.56 Å². The summed E-state index contributed by atoms with van der Waals surface area (Å²) in [5.41, 5.74) is 5.43. The van der Waals surface area contributed by atoms with Crippen LogP contribution in [-0.4, -0.2) is 21.9 Å². The number of carboxylic acids is 1. The van der Waals surface area contributed by atoms with E-state index >= 15 is 0 Å². The standard InChI is InChI=1S/C12H13N3O5/c1-7(16)14-10(12(17)18)4-8-2-3-9(6-13)11(5-8)15(19)20/h2-5H,6,13H2,1H3,(H,14,16)(H,17,18)/b10-4+. The molecule has 8 nitrogen and oxygen atoms in total. The molecule has 0 bridgehead atoms. The van der Waals surface area contributed by atoms with E-state index in [4.69, 9.17) is 10.8 Å². The third-order valence-corrected chi connectivity index (χ3v) is 2.38. The van der Waals surface area contributed by atoms with E-state index in [2.05, 4.69) is 5.32 Å². The number of nitrogens with zero attached hydrogens (tertiary/aromatic N) is 1. The van der Waals surface area contributed by atoms with Crippen LogP contribution in [0.5, 0.6) is 0 Å². The molecule has 0 fully saturated rings. The monoisotopic (exact) mass is 279 g/mol. The summed E-state index contributed by atoms with van der Waals surface area (Å²) in [5.74, 6) is -1.89. The van der Waals surface area contributed by atoms with Crippen LogP contribution in [0.15, 0.2) is 23.9 Å². The second kappa shape index (κ2) is 6.43. The van der Waals surface area contributed by atoms with Crippen LogP contribution in [0, 0.1) is 10.1 Å². The number of benzene rings is 1. The second-order valence-electron chi connectivity index (χ2n) is 3.89. The second-order valence-corrected chi connectivity index (χ2v) is 3.89. The number of nitrogens with two attached hydrogens (primary N) is 1. The van der Waals surface area contributed by atoms with Gasteiger partial charge in [0.25, 0.3) is 5.69 Å². The Morgan fingerprint density at radius 1 is 1.50 bits per heavy atom. The molecule has 0 saturated carbocycles. The van der Waals surface area contributed by atoms with Gasteiger partial charge in [0.05, 0.1) is 4.92 Å². The van der Waals surface area contributed by atoms with Gasteiger partial charge in [-0.1, -0.05) is 12.1 Å². The van der Waals surface area contributed by atoms with Crippen molar-refractivity contribution in [2.45, 2.75) is 13.5 Å². The number of nitro benzene ring substituents is 1. The number of nitro groups is 1. The number of aliphatic carboxylic acids is 1. The van der Waals surface area contributed by atoms with E-state index in [1.807, 2.05) is 0 Å². The molecule has 1 aromatic rings. The molecular formula is C12H13N3O5. The van der Waals surface area contributed by atoms with Gasteiger partial charge < -0.3 is 16.2 Å². The summed E-state index contributed by atoms with van der Waals surface area (Å²) in [6.07, 6.45) is 1.14. The molecule has 20 heavy (non-hydrogen) atoms. The fourth-order valence-corrected chi connectivity index (χ4v) is 1.52. The lowest BCUT2D eigenvalue weighted by atomic mass is 10.1. The van der Waals surface area contributed by atoms with Gasteiger partial charge in [-0.2, -0.15) is 0 Å². The molecule has 1 amide bonds.